The molecule has 2 heterocycles. The molecular formula is C18H16BrClF2N4O2. The Labute approximate surface area is 173 Å². The van der Waals surface area contributed by atoms with Gasteiger partial charge in [-0.2, -0.15) is 4.98 Å². The van der Waals surface area contributed by atoms with E-state index < -0.39 is 23.3 Å². The Morgan fingerprint density at radius 1 is 1.29 bits per heavy atom. The molecule has 28 heavy (non-hydrogen) atoms. The van der Waals surface area contributed by atoms with Crippen molar-refractivity contribution in [3.8, 4) is 0 Å². The largest absolute Gasteiger partial charge is 0.443 e. The van der Waals surface area contributed by atoms with Crippen LogP contribution in [0.1, 0.15) is 26.3 Å². The van der Waals surface area contributed by atoms with Gasteiger partial charge in [0.05, 0.1) is 11.0 Å². The Morgan fingerprint density at radius 3 is 2.54 bits per heavy atom. The first kappa shape index (κ1) is 20.5. The van der Waals surface area contributed by atoms with E-state index in [0.717, 1.165) is 4.90 Å². The second kappa shape index (κ2) is 7.63. The Morgan fingerprint density at radius 2 is 1.93 bits per heavy atom. The van der Waals surface area contributed by atoms with Gasteiger partial charge in [0.1, 0.15) is 16.9 Å². The number of carbonyl (C=O) groups is 1. The molecule has 0 spiro atoms. The maximum Gasteiger partial charge on any atom is 0.416 e. The van der Waals surface area contributed by atoms with Crippen molar-refractivity contribution >= 4 is 45.0 Å². The average molecular weight is 474 g/mol. The summed E-state index contributed by atoms with van der Waals surface area (Å²) in [5, 5.41) is 3.74. The smallest absolute Gasteiger partial charge is 0.416 e. The molecule has 0 atom stereocenters. The zero-order valence-electron chi connectivity index (χ0n) is 15.2. The van der Waals surface area contributed by atoms with E-state index in [1.807, 2.05) is 0 Å². The van der Waals surface area contributed by atoms with Crippen LogP contribution < -0.4 is 4.90 Å². The van der Waals surface area contributed by atoms with E-state index in [-0.39, 0.29) is 27.6 Å². The Hall–Kier alpha value is -2.26. The van der Waals surface area contributed by atoms with Crippen LogP contribution >= 0.6 is 27.5 Å². The molecule has 0 bridgehead atoms. The van der Waals surface area contributed by atoms with Crippen LogP contribution in [0.2, 0.25) is 5.28 Å². The third-order valence-corrected chi connectivity index (χ3v) is 4.32. The molecule has 10 heteroatoms. The lowest BCUT2D eigenvalue weighted by Crippen LogP contribution is -2.37. The quantitative estimate of drug-likeness (QED) is 0.513. The summed E-state index contributed by atoms with van der Waals surface area (Å²) in [6.45, 7) is 5.08. The van der Waals surface area contributed by atoms with Gasteiger partial charge >= 0.3 is 6.09 Å². The van der Waals surface area contributed by atoms with Crippen molar-refractivity contribution in [1.82, 2.24) is 14.6 Å². The van der Waals surface area contributed by atoms with Gasteiger partial charge in [-0.1, -0.05) is 12.1 Å². The molecule has 0 aliphatic heterocycles. The number of amides is 1. The molecule has 1 amide bonds. The van der Waals surface area contributed by atoms with Gasteiger partial charge in [0.25, 0.3) is 0 Å². The number of anilines is 1. The van der Waals surface area contributed by atoms with Gasteiger partial charge in [-0.15, -0.1) is 5.10 Å². The second-order valence-electron chi connectivity index (χ2n) is 6.98. The van der Waals surface area contributed by atoms with Crippen LogP contribution in [-0.4, -0.2) is 26.3 Å². The molecule has 6 nitrogen and oxygen atoms in total. The fraction of sp³-hybridized carbons (Fsp3) is 0.278. The third kappa shape index (κ3) is 4.41. The number of hydrogen-bond donors (Lipinski definition) is 0. The molecule has 3 rings (SSSR count). The predicted molar refractivity (Wildman–Crippen MR) is 104 cm³/mol. The van der Waals surface area contributed by atoms with Gasteiger partial charge in [-0.25, -0.2) is 18.1 Å². The summed E-state index contributed by atoms with van der Waals surface area (Å²) in [4.78, 5) is 18.1. The molecule has 0 radical (unpaired) electrons. The molecule has 148 valence electrons. The first-order valence-corrected chi connectivity index (χ1v) is 9.37. The van der Waals surface area contributed by atoms with Gasteiger partial charge in [0, 0.05) is 6.20 Å². The van der Waals surface area contributed by atoms with E-state index in [1.54, 1.807) is 20.8 Å². The van der Waals surface area contributed by atoms with E-state index in [4.69, 9.17) is 16.3 Å². The van der Waals surface area contributed by atoms with Crippen molar-refractivity contribution in [2.75, 3.05) is 4.90 Å². The molecule has 3 aromatic rings. The molecule has 0 unspecified atom stereocenters. The lowest BCUT2D eigenvalue weighted by atomic mass is 10.2. The predicted octanol–water partition coefficient (Wildman–Crippen LogP) is 5.37. The van der Waals surface area contributed by atoms with E-state index in [1.165, 1.54) is 35.0 Å². The lowest BCUT2D eigenvalue weighted by molar-refractivity contribution is 0.0576. The van der Waals surface area contributed by atoms with Crippen LogP contribution in [0.5, 0.6) is 0 Å². The van der Waals surface area contributed by atoms with E-state index in [0.29, 0.717) is 5.56 Å². The number of nitrogens with zero attached hydrogens (tertiary/aromatic N) is 4. The first-order valence-electron chi connectivity index (χ1n) is 8.20. The lowest BCUT2D eigenvalue weighted by Gasteiger charge is -2.27. The fourth-order valence-corrected chi connectivity index (χ4v) is 3.02. The molecular weight excluding hydrogens is 458 g/mol. The monoisotopic (exact) mass is 472 g/mol. The number of halogens is 4. The maximum atomic E-state index is 14.7. The summed E-state index contributed by atoms with van der Waals surface area (Å²) in [7, 11) is 0. The first-order chi connectivity index (χ1) is 13.0. The molecule has 0 aliphatic rings. The fourth-order valence-electron chi connectivity index (χ4n) is 2.48. The number of ether oxygens (including phenoxy) is 1. The molecule has 0 aliphatic carbocycles. The van der Waals surface area contributed by atoms with Crippen molar-refractivity contribution in [2.24, 2.45) is 0 Å². The minimum Gasteiger partial charge on any atom is -0.443 e. The zero-order valence-corrected chi connectivity index (χ0v) is 17.6. The van der Waals surface area contributed by atoms with Gasteiger partial charge in [-0.05, 0) is 66.0 Å². The summed E-state index contributed by atoms with van der Waals surface area (Å²) < 4.78 is 34.7. The van der Waals surface area contributed by atoms with Crippen molar-refractivity contribution in [2.45, 2.75) is 32.9 Å². The minimum absolute atomic E-state index is 0.0412. The van der Waals surface area contributed by atoms with Crippen LogP contribution in [0.25, 0.3) is 5.52 Å². The number of fused-ring (bicyclic) bond motifs is 1. The minimum atomic E-state index is -0.799. The molecule has 0 saturated carbocycles. The van der Waals surface area contributed by atoms with Gasteiger partial charge in [0.15, 0.2) is 11.6 Å². The molecule has 0 N–H and O–H groups in total. The van der Waals surface area contributed by atoms with Crippen LogP contribution in [0, 0.1) is 11.6 Å². The Bertz CT molecular complexity index is 1030. The molecule has 0 saturated heterocycles. The SMILES string of the molecule is CC(C)(C)OC(=O)N(Cc1ccc(F)cc1)c1nc(Cl)nn2cc(Br)c(F)c12. The molecule has 0 fully saturated rings. The maximum absolute atomic E-state index is 14.7. The van der Waals surface area contributed by atoms with E-state index in [9.17, 15) is 13.6 Å². The number of carbonyl (C=O) groups excluding carboxylic acids is 1. The van der Waals surface area contributed by atoms with Crippen molar-refractivity contribution in [1.29, 1.82) is 0 Å². The molecule has 1 aromatic carbocycles. The van der Waals surface area contributed by atoms with Gasteiger partial charge in [-0.3, -0.25) is 4.90 Å². The standard InChI is InChI=1S/C18H16BrClF2N4O2/c1-18(2,3)28-17(27)25(8-10-4-6-11(21)7-5-10)15-14-13(22)12(19)9-26(14)24-16(20)23-15/h4-7,9H,8H2,1-3H3. The second-order valence-corrected chi connectivity index (χ2v) is 8.17. The summed E-state index contributed by atoms with van der Waals surface area (Å²) >= 11 is 9.08. The Balaban J connectivity index is 2.14. The van der Waals surface area contributed by atoms with Crippen LogP contribution in [0.3, 0.4) is 0 Å². The number of rotatable bonds is 3. The summed E-state index contributed by atoms with van der Waals surface area (Å²) in [6, 6.07) is 5.55. The zero-order chi connectivity index (χ0) is 20.6. The number of hydrogen-bond acceptors (Lipinski definition) is 4. The topological polar surface area (TPSA) is 59.7 Å². The normalized spacial score (nSPS) is 11.7. The summed E-state index contributed by atoms with van der Waals surface area (Å²) in [5.41, 5.74) is -0.262. The third-order valence-electron chi connectivity index (χ3n) is 3.61. The molecule has 2 aromatic heterocycles. The van der Waals surface area contributed by atoms with Crippen LogP contribution in [-0.2, 0) is 11.3 Å². The van der Waals surface area contributed by atoms with E-state index >= 15 is 0 Å². The number of aromatic nitrogens is 3. The summed E-state index contributed by atoms with van der Waals surface area (Å²) in [5.74, 6) is -1.14. The average Bonchev–Trinajstić information content (AvgIpc) is 2.86. The van der Waals surface area contributed by atoms with E-state index in [2.05, 4.69) is 26.0 Å². The Kier molecular flexibility index (Phi) is 5.58. The van der Waals surface area contributed by atoms with Crippen LogP contribution in [0.15, 0.2) is 34.9 Å². The van der Waals surface area contributed by atoms with Gasteiger partial charge < -0.3 is 4.74 Å². The highest BCUT2D eigenvalue weighted by molar-refractivity contribution is 9.10. The summed E-state index contributed by atoms with van der Waals surface area (Å²) in [6.07, 6.45) is 0.609. The highest BCUT2D eigenvalue weighted by Crippen LogP contribution is 2.31. The van der Waals surface area contributed by atoms with Crippen molar-refractivity contribution < 1.29 is 18.3 Å². The van der Waals surface area contributed by atoms with Crippen LogP contribution in [0.4, 0.5) is 19.4 Å². The number of benzene rings is 1. The highest BCUT2D eigenvalue weighted by atomic mass is 79.9. The highest BCUT2D eigenvalue weighted by Gasteiger charge is 2.29. The van der Waals surface area contributed by atoms with Gasteiger partial charge in [0.2, 0.25) is 5.28 Å². The van der Waals surface area contributed by atoms with Crippen molar-refractivity contribution in [3.05, 3.63) is 57.4 Å². The van der Waals surface area contributed by atoms with Crippen molar-refractivity contribution in [3.63, 3.8) is 0 Å².